The van der Waals surface area contributed by atoms with Crippen LogP contribution in [0.4, 0.5) is 0 Å². The van der Waals surface area contributed by atoms with E-state index < -0.39 is 10.8 Å². The van der Waals surface area contributed by atoms with Crippen LogP contribution in [0, 0.1) is 6.92 Å². The molecule has 0 aliphatic heterocycles. The summed E-state index contributed by atoms with van der Waals surface area (Å²) in [6.45, 7) is 2.20. The third-order valence-electron chi connectivity index (χ3n) is 2.38. The Morgan fingerprint density at radius 2 is 2.17 bits per heavy atom. The van der Waals surface area contributed by atoms with Gasteiger partial charge in [-0.25, -0.2) is 0 Å². The van der Waals surface area contributed by atoms with Crippen molar-refractivity contribution in [3.63, 3.8) is 0 Å². The molecule has 0 radical (unpaired) electrons. The number of ether oxygens (including phenoxy) is 1. The van der Waals surface area contributed by atoms with Crippen LogP contribution in [0.25, 0.3) is 0 Å². The molecule has 1 N–H and O–H groups in total. The molecule has 0 aromatic heterocycles. The molecule has 98 valence electrons. The van der Waals surface area contributed by atoms with Crippen molar-refractivity contribution in [1.29, 1.82) is 0 Å². The van der Waals surface area contributed by atoms with Crippen molar-refractivity contribution < 1.29 is 14.3 Å². The van der Waals surface area contributed by atoms with E-state index in [1.165, 1.54) is 7.11 Å². The molecule has 18 heavy (non-hydrogen) atoms. The number of halogens is 1. The van der Waals surface area contributed by atoms with Gasteiger partial charge in [-0.3, -0.25) is 9.59 Å². The Labute approximate surface area is 115 Å². The monoisotopic (exact) mass is 313 g/mol. The van der Waals surface area contributed by atoms with Crippen molar-refractivity contribution in [3.8, 4) is 0 Å². The highest BCUT2D eigenvalue weighted by Crippen LogP contribution is 2.05. The molecule has 0 fully saturated rings. The number of methoxy groups -OCH3 is 1. The molecular weight excluding hydrogens is 298 g/mol. The summed E-state index contributed by atoms with van der Waals surface area (Å²) in [7, 11) is 1.31. The van der Waals surface area contributed by atoms with E-state index in [1.54, 1.807) is 0 Å². The smallest absolute Gasteiger partial charge is 0.321 e. The Balaban J connectivity index is 2.41. The number of amides is 1. The molecule has 0 aliphatic rings. The number of rotatable bonds is 5. The summed E-state index contributed by atoms with van der Waals surface area (Å²) in [6, 6.07) is 7.76. The van der Waals surface area contributed by atoms with Gasteiger partial charge in [0.1, 0.15) is 4.83 Å². The van der Waals surface area contributed by atoms with Crippen LogP contribution in [0.1, 0.15) is 11.1 Å². The molecule has 0 aliphatic carbocycles. The Bertz CT molecular complexity index is 434. The van der Waals surface area contributed by atoms with E-state index in [-0.39, 0.29) is 12.5 Å². The highest BCUT2D eigenvalue weighted by Gasteiger charge is 2.15. The van der Waals surface area contributed by atoms with Crippen LogP contribution in [0.15, 0.2) is 24.3 Å². The quantitative estimate of drug-likeness (QED) is 0.663. The number of benzene rings is 1. The lowest BCUT2D eigenvalue weighted by Crippen LogP contribution is -2.34. The molecule has 1 atom stereocenters. The van der Waals surface area contributed by atoms with Gasteiger partial charge in [0, 0.05) is 6.54 Å². The van der Waals surface area contributed by atoms with E-state index >= 15 is 0 Å². The third-order valence-corrected chi connectivity index (χ3v) is 3.08. The number of carbonyl (C=O) groups excluding carboxylic acids is 2. The molecule has 0 saturated heterocycles. The summed E-state index contributed by atoms with van der Waals surface area (Å²) in [5.41, 5.74) is 2.07. The first-order chi connectivity index (χ1) is 8.52. The minimum absolute atomic E-state index is 0.117. The first-order valence-electron chi connectivity index (χ1n) is 5.57. The topological polar surface area (TPSA) is 55.4 Å². The first kappa shape index (κ1) is 14.7. The van der Waals surface area contributed by atoms with Crippen molar-refractivity contribution in [1.82, 2.24) is 5.32 Å². The Hall–Kier alpha value is -1.36. The molecule has 0 saturated carbocycles. The van der Waals surface area contributed by atoms with Gasteiger partial charge < -0.3 is 10.1 Å². The fourth-order valence-corrected chi connectivity index (χ4v) is 1.83. The minimum atomic E-state index is -0.510. The van der Waals surface area contributed by atoms with Crippen LogP contribution in [-0.4, -0.2) is 30.4 Å². The van der Waals surface area contributed by atoms with Gasteiger partial charge >= 0.3 is 5.97 Å². The number of hydrogen-bond acceptors (Lipinski definition) is 3. The van der Waals surface area contributed by atoms with Crippen LogP contribution in [0.2, 0.25) is 0 Å². The number of nitrogens with one attached hydrogen (secondary N) is 1. The molecule has 1 amide bonds. The molecule has 1 aromatic carbocycles. The fourth-order valence-electron chi connectivity index (χ4n) is 1.48. The molecule has 4 nitrogen and oxygen atoms in total. The van der Waals surface area contributed by atoms with Crippen molar-refractivity contribution >= 4 is 27.8 Å². The van der Waals surface area contributed by atoms with Gasteiger partial charge in [-0.15, -0.1) is 0 Å². The molecule has 0 bridgehead atoms. The van der Waals surface area contributed by atoms with Gasteiger partial charge in [0.05, 0.1) is 13.5 Å². The summed E-state index contributed by atoms with van der Waals surface area (Å²) < 4.78 is 4.54. The maximum Gasteiger partial charge on any atom is 0.321 e. The lowest BCUT2D eigenvalue weighted by Gasteiger charge is -2.09. The zero-order valence-corrected chi connectivity index (χ0v) is 12.0. The van der Waals surface area contributed by atoms with Gasteiger partial charge in [0.2, 0.25) is 5.91 Å². The van der Waals surface area contributed by atoms with E-state index in [1.807, 2.05) is 31.2 Å². The largest absolute Gasteiger partial charge is 0.468 e. The van der Waals surface area contributed by atoms with Crippen LogP contribution in [0.5, 0.6) is 0 Å². The second-order valence-corrected chi connectivity index (χ2v) is 5.07. The Morgan fingerprint density at radius 3 is 2.78 bits per heavy atom. The van der Waals surface area contributed by atoms with E-state index in [4.69, 9.17) is 0 Å². The number of alkyl halides is 1. The van der Waals surface area contributed by atoms with Gasteiger partial charge in [0.25, 0.3) is 0 Å². The summed E-state index contributed by atoms with van der Waals surface area (Å²) in [5, 5.41) is 2.68. The summed E-state index contributed by atoms with van der Waals surface area (Å²) in [4.78, 5) is 22.3. The number of esters is 1. The van der Waals surface area contributed by atoms with Crippen molar-refractivity contribution in [3.05, 3.63) is 35.4 Å². The van der Waals surface area contributed by atoms with Crippen molar-refractivity contribution in [2.75, 3.05) is 13.7 Å². The van der Waals surface area contributed by atoms with Gasteiger partial charge in [-0.1, -0.05) is 45.8 Å². The zero-order chi connectivity index (χ0) is 13.5. The van der Waals surface area contributed by atoms with E-state index in [9.17, 15) is 9.59 Å². The summed E-state index contributed by atoms with van der Waals surface area (Å²) >= 11 is 3.14. The second kappa shape index (κ2) is 7.16. The van der Waals surface area contributed by atoms with Crippen LogP contribution < -0.4 is 5.32 Å². The minimum Gasteiger partial charge on any atom is -0.468 e. The average Bonchev–Trinajstić information content (AvgIpc) is 2.35. The summed E-state index contributed by atoms with van der Waals surface area (Å²) in [5.74, 6) is -0.514. The molecule has 1 rings (SSSR count). The first-order valence-corrected chi connectivity index (χ1v) is 6.48. The second-order valence-electron chi connectivity index (χ2n) is 3.96. The molecule has 5 heteroatoms. The van der Waals surface area contributed by atoms with Gasteiger partial charge in [-0.05, 0) is 12.5 Å². The molecule has 0 spiro atoms. The van der Waals surface area contributed by atoms with Crippen LogP contribution in [0.3, 0.4) is 0 Å². The maximum absolute atomic E-state index is 11.7. The molecule has 1 aromatic rings. The van der Waals surface area contributed by atoms with Gasteiger partial charge in [-0.2, -0.15) is 0 Å². The Kier molecular flexibility index (Phi) is 5.85. The fraction of sp³-hybridized carbons (Fsp3) is 0.385. The predicted molar refractivity (Wildman–Crippen MR) is 72.6 cm³/mol. The zero-order valence-electron chi connectivity index (χ0n) is 10.4. The standard InChI is InChI=1S/C13H16BrNO3/c1-9-4-3-5-10(6-9)7-12(16)15-8-11(14)13(17)18-2/h3-6,11H,7-8H2,1-2H3,(H,15,16). The highest BCUT2D eigenvalue weighted by molar-refractivity contribution is 9.10. The highest BCUT2D eigenvalue weighted by atomic mass is 79.9. The van der Waals surface area contributed by atoms with Crippen molar-refractivity contribution in [2.45, 2.75) is 18.2 Å². The van der Waals surface area contributed by atoms with Crippen LogP contribution in [-0.2, 0) is 20.7 Å². The normalized spacial score (nSPS) is 11.7. The van der Waals surface area contributed by atoms with Crippen LogP contribution >= 0.6 is 15.9 Å². The average molecular weight is 314 g/mol. The Morgan fingerprint density at radius 1 is 1.44 bits per heavy atom. The lowest BCUT2D eigenvalue weighted by molar-refractivity contribution is -0.139. The number of hydrogen-bond donors (Lipinski definition) is 1. The summed E-state index contributed by atoms with van der Waals surface area (Å²) in [6.07, 6.45) is 0.308. The molecule has 1 unspecified atom stereocenters. The number of carbonyl (C=O) groups is 2. The SMILES string of the molecule is COC(=O)C(Br)CNC(=O)Cc1cccc(C)c1. The van der Waals surface area contributed by atoms with E-state index in [0.29, 0.717) is 6.42 Å². The third kappa shape index (κ3) is 4.87. The van der Waals surface area contributed by atoms with Gasteiger partial charge in [0.15, 0.2) is 0 Å². The number of aryl methyl sites for hydroxylation is 1. The van der Waals surface area contributed by atoms with E-state index in [0.717, 1.165) is 11.1 Å². The van der Waals surface area contributed by atoms with E-state index in [2.05, 4.69) is 26.0 Å². The van der Waals surface area contributed by atoms with Crippen molar-refractivity contribution in [2.24, 2.45) is 0 Å². The maximum atomic E-state index is 11.7. The lowest BCUT2D eigenvalue weighted by atomic mass is 10.1. The molecular formula is C13H16BrNO3. The molecule has 0 heterocycles. The predicted octanol–water partition coefficient (Wildman–Crippen LogP) is 1.59.